The minimum atomic E-state index is -0.389. The molecule has 29 heavy (non-hydrogen) atoms. The Morgan fingerprint density at radius 3 is 2.59 bits per heavy atom. The maximum Gasteiger partial charge on any atom is 0.274 e. The molecule has 1 aromatic heterocycles. The Bertz CT molecular complexity index is 1050. The van der Waals surface area contributed by atoms with Crippen LogP contribution in [0.5, 0.6) is 0 Å². The van der Waals surface area contributed by atoms with Gasteiger partial charge in [-0.3, -0.25) is 14.6 Å². The molecule has 0 radical (unpaired) electrons. The number of amides is 2. The summed E-state index contributed by atoms with van der Waals surface area (Å²) >= 11 is 0. The van der Waals surface area contributed by atoms with Crippen LogP contribution in [0.25, 0.3) is 0 Å². The van der Waals surface area contributed by atoms with E-state index in [-0.39, 0.29) is 29.9 Å². The van der Waals surface area contributed by atoms with Crippen LogP contribution >= 0.6 is 0 Å². The van der Waals surface area contributed by atoms with Crippen LogP contribution in [0.3, 0.4) is 0 Å². The first-order valence-corrected chi connectivity index (χ1v) is 9.30. The van der Waals surface area contributed by atoms with Crippen molar-refractivity contribution >= 4 is 17.5 Å². The number of anilines is 1. The first-order chi connectivity index (χ1) is 13.9. The van der Waals surface area contributed by atoms with Crippen molar-refractivity contribution in [1.29, 1.82) is 0 Å². The number of benzene rings is 2. The van der Waals surface area contributed by atoms with E-state index < -0.39 is 0 Å². The highest BCUT2D eigenvalue weighted by Gasteiger charge is 2.13. The predicted octanol–water partition coefficient (Wildman–Crippen LogP) is 4.06. The zero-order valence-electron chi connectivity index (χ0n) is 16.3. The Morgan fingerprint density at radius 1 is 1.00 bits per heavy atom. The second kappa shape index (κ2) is 9.10. The molecule has 3 rings (SSSR count). The molecule has 0 bridgehead atoms. The van der Waals surface area contributed by atoms with Crippen molar-refractivity contribution in [3.63, 3.8) is 0 Å². The number of carbonyl (C=O) groups excluding carboxylic acids is 2. The lowest BCUT2D eigenvalue weighted by Crippen LogP contribution is -2.26. The fraction of sp³-hybridized carbons (Fsp3) is 0.174. The van der Waals surface area contributed by atoms with Crippen LogP contribution in [0.2, 0.25) is 0 Å². The van der Waals surface area contributed by atoms with E-state index in [0.29, 0.717) is 23.2 Å². The van der Waals surface area contributed by atoms with Crippen LogP contribution in [0.4, 0.5) is 10.1 Å². The number of pyridine rings is 1. The van der Waals surface area contributed by atoms with Crippen molar-refractivity contribution in [1.82, 2.24) is 10.3 Å². The van der Waals surface area contributed by atoms with E-state index in [2.05, 4.69) is 15.6 Å². The molecular weight excluding hydrogens is 369 g/mol. The molecule has 0 unspecified atom stereocenters. The van der Waals surface area contributed by atoms with Crippen molar-refractivity contribution in [2.45, 2.75) is 20.3 Å². The van der Waals surface area contributed by atoms with Gasteiger partial charge in [-0.2, -0.15) is 0 Å². The topological polar surface area (TPSA) is 71.1 Å². The zero-order chi connectivity index (χ0) is 20.8. The molecule has 6 heteroatoms. The van der Waals surface area contributed by atoms with E-state index in [1.165, 1.54) is 24.4 Å². The smallest absolute Gasteiger partial charge is 0.274 e. The summed E-state index contributed by atoms with van der Waals surface area (Å²) in [6.45, 7) is 4.13. The predicted molar refractivity (Wildman–Crippen MR) is 111 cm³/mol. The lowest BCUT2D eigenvalue weighted by atomic mass is 10.1. The Labute approximate surface area is 169 Å². The molecule has 0 fully saturated rings. The molecule has 5 nitrogen and oxygen atoms in total. The minimum absolute atomic E-state index is 0.146. The van der Waals surface area contributed by atoms with Crippen LogP contribution in [0.1, 0.15) is 37.5 Å². The largest absolute Gasteiger partial charge is 0.352 e. The summed E-state index contributed by atoms with van der Waals surface area (Å²) in [5, 5.41) is 5.57. The second-order valence-corrected chi connectivity index (χ2v) is 6.80. The van der Waals surface area contributed by atoms with Crippen molar-refractivity contribution in [2.24, 2.45) is 0 Å². The molecule has 0 saturated carbocycles. The van der Waals surface area contributed by atoms with Crippen LogP contribution in [0, 0.1) is 19.7 Å². The van der Waals surface area contributed by atoms with Crippen molar-refractivity contribution < 1.29 is 14.0 Å². The van der Waals surface area contributed by atoms with E-state index in [1.54, 1.807) is 18.2 Å². The zero-order valence-corrected chi connectivity index (χ0v) is 16.3. The van der Waals surface area contributed by atoms with Crippen LogP contribution in [-0.2, 0) is 6.42 Å². The number of hydrogen-bond donors (Lipinski definition) is 2. The highest BCUT2D eigenvalue weighted by Crippen LogP contribution is 2.17. The molecule has 0 aliphatic rings. The van der Waals surface area contributed by atoms with Crippen molar-refractivity contribution in [3.8, 4) is 0 Å². The van der Waals surface area contributed by atoms with Gasteiger partial charge in [0.15, 0.2) is 0 Å². The normalized spacial score (nSPS) is 10.4. The van der Waals surface area contributed by atoms with Gasteiger partial charge < -0.3 is 10.6 Å². The summed E-state index contributed by atoms with van der Waals surface area (Å²) in [7, 11) is 0. The summed E-state index contributed by atoms with van der Waals surface area (Å²) in [5.74, 6) is -1.03. The third kappa shape index (κ3) is 5.25. The summed E-state index contributed by atoms with van der Waals surface area (Å²) in [5.41, 5.74) is 3.67. The SMILES string of the molecule is Cc1ccc(C)c(NC(=O)c2cc(C(=O)NCCc3ccccc3F)ccn2)c1. The van der Waals surface area contributed by atoms with Crippen LogP contribution in [0.15, 0.2) is 60.8 Å². The van der Waals surface area contributed by atoms with Crippen molar-refractivity contribution in [2.75, 3.05) is 11.9 Å². The number of nitrogens with one attached hydrogen (secondary N) is 2. The van der Waals surface area contributed by atoms with Gasteiger partial charge in [-0.15, -0.1) is 0 Å². The third-order valence-electron chi connectivity index (χ3n) is 4.53. The average molecular weight is 391 g/mol. The third-order valence-corrected chi connectivity index (χ3v) is 4.53. The van der Waals surface area contributed by atoms with Gasteiger partial charge in [-0.1, -0.05) is 30.3 Å². The fourth-order valence-electron chi connectivity index (χ4n) is 2.87. The quantitative estimate of drug-likeness (QED) is 0.666. The number of rotatable bonds is 6. The maximum absolute atomic E-state index is 13.6. The van der Waals surface area contributed by atoms with E-state index >= 15 is 0 Å². The summed E-state index contributed by atoms with van der Waals surface area (Å²) in [4.78, 5) is 29.0. The minimum Gasteiger partial charge on any atom is -0.352 e. The second-order valence-electron chi connectivity index (χ2n) is 6.80. The number of aromatic nitrogens is 1. The van der Waals surface area contributed by atoms with Gasteiger partial charge in [0.25, 0.3) is 11.8 Å². The lowest BCUT2D eigenvalue weighted by Gasteiger charge is -2.10. The highest BCUT2D eigenvalue weighted by atomic mass is 19.1. The molecule has 2 amide bonds. The maximum atomic E-state index is 13.6. The number of hydrogen-bond acceptors (Lipinski definition) is 3. The first-order valence-electron chi connectivity index (χ1n) is 9.30. The lowest BCUT2D eigenvalue weighted by molar-refractivity contribution is 0.0954. The van der Waals surface area contributed by atoms with Gasteiger partial charge in [-0.25, -0.2) is 4.39 Å². The molecule has 0 atom stereocenters. The van der Waals surface area contributed by atoms with E-state index in [4.69, 9.17) is 0 Å². The van der Waals surface area contributed by atoms with Crippen LogP contribution in [-0.4, -0.2) is 23.3 Å². The number of carbonyl (C=O) groups is 2. The number of halogens is 1. The fourth-order valence-corrected chi connectivity index (χ4v) is 2.87. The Balaban J connectivity index is 1.63. The molecule has 3 aromatic rings. The van der Waals surface area contributed by atoms with Crippen LogP contribution < -0.4 is 10.6 Å². The molecule has 0 aliphatic heterocycles. The standard InChI is InChI=1S/C23H22FN3O2/c1-15-7-8-16(2)20(13-15)27-23(29)21-14-18(10-11-25-21)22(28)26-12-9-17-5-3-4-6-19(17)24/h3-8,10-11,13-14H,9,12H2,1-2H3,(H,26,28)(H,27,29). The summed E-state index contributed by atoms with van der Waals surface area (Å²) < 4.78 is 13.6. The molecule has 2 N–H and O–H groups in total. The monoisotopic (exact) mass is 391 g/mol. The van der Waals surface area contributed by atoms with Gasteiger partial charge in [0.2, 0.25) is 0 Å². The Hall–Kier alpha value is -3.54. The highest BCUT2D eigenvalue weighted by molar-refractivity contribution is 6.05. The molecule has 2 aromatic carbocycles. The summed E-state index contributed by atoms with van der Waals surface area (Å²) in [6.07, 6.45) is 1.80. The summed E-state index contributed by atoms with van der Waals surface area (Å²) in [6, 6.07) is 15.2. The molecule has 148 valence electrons. The van der Waals surface area contributed by atoms with E-state index in [9.17, 15) is 14.0 Å². The number of nitrogens with zero attached hydrogens (tertiary/aromatic N) is 1. The Kier molecular flexibility index (Phi) is 6.34. The van der Waals surface area contributed by atoms with Gasteiger partial charge in [0.05, 0.1) is 0 Å². The molecule has 0 spiro atoms. The average Bonchev–Trinajstić information content (AvgIpc) is 2.72. The molecule has 0 aliphatic carbocycles. The molecule has 0 saturated heterocycles. The first kappa shape index (κ1) is 20.2. The van der Waals surface area contributed by atoms with Gasteiger partial charge >= 0.3 is 0 Å². The van der Waals surface area contributed by atoms with Crippen molar-refractivity contribution in [3.05, 3.63) is 94.6 Å². The van der Waals surface area contributed by atoms with Gasteiger partial charge in [0.1, 0.15) is 11.5 Å². The molecule has 1 heterocycles. The number of aryl methyl sites for hydroxylation is 2. The van der Waals surface area contributed by atoms with Gasteiger partial charge in [-0.05, 0) is 61.2 Å². The molecular formula is C23H22FN3O2. The van der Waals surface area contributed by atoms with Gasteiger partial charge in [0, 0.05) is 24.0 Å². The Morgan fingerprint density at radius 2 is 1.79 bits per heavy atom. The van der Waals surface area contributed by atoms with E-state index in [0.717, 1.165) is 11.1 Å². The van der Waals surface area contributed by atoms with E-state index in [1.807, 2.05) is 32.0 Å².